The van der Waals surface area contributed by atoms with Crippen LogP contribution in [0, 0.1) is 12.3 Å². The van der Waals surface area contributed by atoms with Gasteiger partial charge in [-0.1, -0.05) is 12.1 Å². The Morgan fingerprint density at radius 3 is 3.00 bits per heavy atom. The standard InChI is InChI=1S/C14H16O3/c1-2-3-4-7-12(15)11-6-5-8-13-14(11)17-10-9-16-13/h1,5-6,8,12,15H,3-4,7,9-10H2. The summed E-state index contributed by atoms with van der Waals surface area (Å²) in [6.45, 7) is 1.09. The highest BCUT2D eigenvalue weighted by atomic mass is 16.6. The van der Waals surface area contributed by atoms with Crippen molar-refractivity contribution in [1.82, 2.24) is 0 Å². The zero-order chi connectivity index (χ0) is 12.1. The van der Waals surface area contributed by atoms with Crippen molar-refractivity contribution < 1.29 is 14.6 Å². The van der Waals surface area contributed by atoms with Crippen LogP contribution in [-0.4, -0.2) is 18.3 Å². The monoisotopic (exact) mass is 232 g/mol. The Morgan fingerprint density at radius 1 is 1.35 bits per heavy atom. The van der Waals surface area contributed by atoms with Crippen molar-refractivity contribution in [3.8, 4) is 23.8 Å². The van der Waals surface area contributed by atoms with E-state index in [0.29, 0.717) is 37.6 Å². The number of ether oxygens (including phenoxy) is 2. The van der Waals surface area contributed by atoms with Gasteiger partial charge in [0.15, 0.2) is 11.5 Å². The lowest BCUT2D eigenvalue weighted by Crippen LogP contribution is -2.17. The van der Waals surface area contributed by atoms with Crippen molar-refractivity contribution in [2.45, 2.75) is 25.4 Å². The molecule has 2 rings (SSSR count). The maximum absolute atomic E-state index is 10.1. The Hall–Kier alpha value is -1.66. The van der Waals surface area contributed by atoms with Gasteiger partial charge in [0.05, 0.1) is 6.10 Å². The molecule has 1 aromatic rings. The molecule has 1 N–H and O–H groups in total. The molecule has 1 aliphatic heterocycles. The molecule has 3 nitrogen and oxygen atoms in total. The fraction of sp³-hybridized carbons (Fsp3) is 0.429. The van der Waals surface area contributed by atoms with Gasteiger partial charge in [-0.3, -0.25) is 0 Å². The van der Waals surface area contributed by atoms with Crippen molar-refractivity contribution in [1.29, 1.82) is 0 Å². The molecule has 0 aliphatic carbocycles. The van der Waals surface area contributed by atoms with Gasteiger partial charge < -0.3 is 14.6 Å². The van der Waals surface area contributed by atoms with Gasteiger partial charge in [-0.2, -0.15) is 0 Å². The van der Waals surface area contributed by atoms with Gasteiger partial charge in [0.25, 0.3) is 0 Å². The van der Waals surface area contributed by atoms with Gasteiger partial charge in [0, 0.05) is 12.0 Å². The number of aliphatic hydroxyl groups excluding tert-OH is 1. The van der Waals surface area contributed by atoms with Gasteiger partial charge in [0.2, 0.25) is 0 Å². The third-order valence-corrected chi connectivity index (χ3v) is 2.75. The first-order chi connectivity index (χ1) is 8.33. The molecule has 0 aromatic heterocycles. The highest BCUT2D eigenvalue weighted by molar-refractivity contribution is 5.48. The molecule has 1 aliphatic rings. The number of benzene rings is 1. The Labute approximate surface area is 101 Å². The van der Waals surface area contributed by atoms with E-state index in [1.165, 1.54) is 0 Å². The van der Waals surface area contributed by atoms with Crippen LogP contribution in [0.3, 0.4) is 0 Å². The summed E-state index contributed by atoms with van der Waals surface area (Å²) >= 11 is 0. The second kappa shape index (κ2) is 5.60. The second-order valence-corrected chi connectivity index (χ2v) is 3.98. The predicted molar refractivity (Wildman–Crippen MR) is 65.1 cm³/mol. The minimum Gasteiger partial charge on any atom is -0.486 e. The van der Waals surface area contributed by atoms with Crippen LogP contribution in [0.15, 0.2) is 18.2 Å². The van der Waals surface area contributed by atoms with Gasteiger partial charge in [-0.25, -0.2) is 0 Å². The molecule has 0 saturated heterocycles. The predicted octanol–water partition coefficient (Wildman–Crippen LogP) is 2.29. The highest BCUT2D eigenvalue weighted by Gasteiger charge is 2.20. The van der Waals surface area contributed by atoms with E-state index in [4.69, 9.17) is 15.9 Å². The van der Waals surface area contributed by atoms with Crippen LogP contribution in [0.5, 0.6) is 11.5 Å². The third kappa shape index (κ3) is 2.72. The topological polar surface area (TPSA) is 38.7 Å². The van der Waals surface area contributed by atoms with Crippen molar-refractivity contribution in [2.24, 2.45) is 0 Å². The van der Waals surface area contributed by atoms with Gasteiger partial charge in [-0.05, 0) is 18.9 Å². The Bertz CT molecular complexity index is 420. The first-order valence-electron chi connectivity index (χ1n) is 5.83. The summed E-state index contributed by atoms with van der Waals surface area (Å²) in [5, 5.41) is 10.1. The number of para-hydroxylation sites is 1. The Balaban J connectivity index is 2.12. The molecule has 1 heterocycles. The summed E-state index contributed by atoms with van der Waals surface area (Å²) in [7, 11) is 0. The summed E-state index contributed by atoms with van der Waals surface area (Å²) in [6, 6.07) is 5.59. The molecule has 0 saturated carbocycles. The minimum atomic E-state index is -0.542. The molecular weight excluding hydrogens is 216 g/mol. The molecule has 1 aromatic carbocycles. The van der Waals surface area contributed by atoms with E-state index in [0.717, 1.165) is 12.0 Å². The molecule has 0 radical (unpaired) electrons. The number of aliphatic hydroxyl groups is 1. The van der Waals surface area contributed by atoms with Gasteiger partial charge in [0.1, 0.15) is 13.2 Å². The molecule has 0 bridgehead atoms. The maximum Gasteiger partial charge on any atom is 0.167 e. The van der Waals surface area contributed by atoms with E-state index in [2.05, 4.69) is 5.92 Å². The normalized spacial score (nSPS) is 15.1. The number of unbranched alkanes of at least 4 members (excludes halogenated alkanes) is 1. The second-order valence-electron chi connectivity index (χ2n) is 3.98. The number of hydrogen-bond acceptors (Lipinski definition) is 3. The molecule has 0 fully saturated rings. The van der Waals surface area contributed by atoms with Crippen LogP contribution < -0.4 is 9.47 Å². The summed E-state index contributed by atoms with van der Waals surface area (Å²) in [6.07, 6.45) is 6.78. The zero-order valence-electron chi connectivity index (χ0n) is 9.69. The number of fused-ring (bicyclic) bond motifs is 1. The SMILES string of the molecule is C#CCCCC(O)c1cccc2c1OCCO2. The summed E-state index contributed by atoms with van der Waals surface area (Å²) in [5.41, 5.74) is 0.791. The Morgan fingerprint density at radius 2 is 2.18 bits per heavy atom. The summed E-state index contributed by atoms with van der Waals surface area (Å²) in [5.74, 6) is 3.96. The molecule has 0 amide bonds. The van der Waals surface area contributed by atoms with E-state index in [1.807, 2.05) is 18.2 Å². The van der Waals surface area contributed by atoms with E-state index in [-0.39, 0.29) is 0 Å². The van der Waals surface area contributed by atoms with Crippen molar-refractivity contribution in [3.05, 3.63) is 23.8 Å². The van der Waals surface area contributed by atoms with Crippen molar-refractivity contribution in [2.75, 3.05) is 13.2 Å². The molecule has 90 valence electrons. The quantitative estimate of drug-likeness (QED) is 0.639. The van der Waals surface area contributed by atoms with E-state index in [9.17, 15) is 5.11 Å². The molecule has 1 atom stereocenters. The van der Waals surface area contributed by atoms with Crippen LogP contribution in [0.2, 0.25) is 0 Å². The van der Waals surface area contributed by atoms with E-state index in [1.54, 1.807) is 0 Å². The smallest absolute Gasteiger partial charge is 0.167 e. The molecule has 0 spiro atoms. The van der Waals surface area contributed by atoms with Gasteiger partial charge >= 0.3 is 0 Å². The fourth-order valence-electron chi connectivity index (χ4n) is 1.91. The molecule has 17 heavy (non-hydrogen) atoms. The third-order valence-electron chi connectivity index (χ3n) is 2.75. The van der Waals surface area contributed by atoms with Crippen LogP contribution in [0.25, 0.3) is 0 Å². The number of terminal acetylenes is 1. The average Bonchev–Trinajstić information content (AvgIpc) is 2.38. The largest absolute Gasteiger partial charge is 0.486 e. The van der Waals surface area contributed by atoms with Crippen LogP contribution in [0.4, 0.5) is 0 Å². The average molecular weight is 232 g/mol. The van der Waals surface area contributed by atoms with Crippen LogP contribution in [0.1, 0.15) is 30.9 Å². The molecular formula is C14H16O3. The van der Waals surface area contributed by atoms with E-state index >= 15 is 0 Å². The molecule has 1 unspecified atom stereocenters. The summed E-state index contributed by atoms with van der Waals surface area (Å²) in [4.78, 5) is 0. The van der Waals surface area contributed by atoms with Crippen molar-refractivity contribution in [3.63, 3.8) is 0 Å². The first kappa shape index (κ1) is 11.8. The van der Waals surface area contributed by atoms with Crippen LogP contribution in [-0.2, 0) is 0 Å². The lowest BCUT2D eigenvalue weighted by atomic mass is 10.0. The fourth-order valence-corrected chi connectivity index (χ4v) is 1.91. The van der Waals surface area contributed by atoms with E-state index < -0.39 is 6.10 Å². The lowest BCUT2D eigenvalue weighted by Gasteiger charge is -2.23. The maximum atomic E-state index is 10.1. The number of rotatable bonds is 4. The van der Waals surface area contributed by atoms with Crippen molar-refractivity contribution >= 4 is 0 Å². The first-order valence-corrected chi connectivity index (χ1v) is 5.83. The highest BCUT2D eigenvalue weighted by Crippen LogP contribution is 2.38. The van der Waals surface area contributed by atoms with Crippen LogP contribution >= 0.6 is 0 Å². The number of hydrogen-bond donors (Lipinski definition) is 1. The zero-order valence-corrected chi connectivity index (χ0v) is 9.69. The molecule has 3 heteroatoms. The lowest BCUT2D eigenvalue weighted by molar-refractivity contribution is 0.140. The summed E-state index contributed by atoms with van der Waals surface area (Å²) < 4.78 is 11.0. The minimum absolute atomic E-state index is 0.529. The van der Waals surface area contributed by atoms with Gasteiger partial charge in [-0.15, -0.1) is 12.3 Å². The Kier molecular flexibility index (Phi) is 3.89.